The summed E-state index contributed by atoms with van der Waals surface area (Å²) in [5.74, 6) is 5.18. The van der Waals surface area contributed by atoms with Crippen molar-refractivity contribution < 1.29 is 4.84 Å². The Bertz CT molecular complexity index is 190. The first-order valence-corrected chi connectivity index (χ1v) is 3.44. The van der Waals surface area contributed by atoms with E-state index in [1.165, 1.54) is 0 Å². The maximum atomic E-state index is 5.35. The quantitative estimate of drug-likeness (QED) is 0.268. The van der Waals surface area contributed by atoms with Crippen molar-refractivity contribution in [1.82, 2.24) is 0 Å². The van der Waals surface area contributed by atoms with Crippen molar-refractivity contribution >= 4 is 26.4 Å². The average Bonchev–Trinajstić information content (AvgIpc) is 2.34. The van der Waals surface area contributed by atoms with Crippen molar-refractivity contribution in [3.63, 3.8) is 0 Å². The fourth-order valence-corrected chi connectivity index (χ4v) is 0.968. The molecule has 1 aliphatic rings. The molecule has 0 spiro atoms. The van der Waals surface area contributed by atoms with Crippen LogP contribution >= 0.6 is 15.9 Å². The van der Waals surface area contributed by atoms with E-state index in [4.69, 9.17) is 16.4 Å². The second-order valence-electron chi connectivity index (χ2n) is 1.82. The lowest BCUT2D eigenvalue weighted by molar-refractivity contribution is 0.132. The van der Waals surface area contributed by atoms with E-state index in [0.717, 1.165) is 4.62 Å². The molecular weight excluding hydrogens is 200 g/mol. The van der Waals surface area contributed by atoms with Gasteiger partial charge in [-0.2, -0.15) is 5.10 Å². The third kappa shape index (κ3) is 1.38. The van der Waals surface area contributed by atoms with E-state index >= 15 is 0 Å². The molecule has 0 fully saturated rings. The summed E-state index contributed by atoms with van der Waals surface area (Å²) in [7, 11) is 0. The Balaban J connectivity index is 2.50. The molecule has 10 heavy (non-hydrogen) atoms. The minimum Gasteiger partial charge on any atom is -0.383 e. The molecule has 0 radical (unpaired) electrons. The van der Waals surface area contributed by atoms with Crippen LogP contribution in [0.3, 0.4) is 0 Å². The Kier molecular flexibility index (Phi) is 2.10. The number of rotatable bonds is 1. The number of hydrogen-bond acceptors (Lipinski definition) is 4. The molecule has 5 nitrogen and oxygen atoms in total. The van der Waals surface area contributed by atoms with Gasteiger partial charge < -0.3 is 16.4 Å². The van der Waals surface area contributed by atoms with Crippen LogP contribution in [0, 0.1) is 0 Å². The van der Waals surface area contributed by atoms with E-state index in [1.807, 2.05) is 0 Å². The predicted octanol–water partition coefficient (Wildman–Crippen LogP) is -0.285. The van der Waals surface area contributed by atoms with Gasteiger partial charge in [-0.1, -0.05) is 5.16 Å². The zero-order valence-corrected chi connectivity index (χ0v) is 6.71. The third-order valence-electron chi connectivity index (χ3n) is 1.11. The van der Waals surface area contributed by atoms with Gasteiger partial charge in [0.2, 0.25) is 0 Å². The molecule has 0 saturated heterocycles. The van der Waals surface area contributed by atoms with Crippen molar-refractivity contribution in [2.24, 2.45) is 21.8 Å². The smallest absolute Gasteiger partial charge is 0.192 e. The molecule has 0 aromatic heterocycles. The molecule has 0 amide bonds. The molecule has 1 aliphatic heterocycles. The molecule has 0 saturated carbocycles. The van der Waals surface area contributed by atoms with Crippen molar-refractivity contribution in [2.75, 3.05) is 0 Å². The van der Waals surface area contributed by atoms with E-state index in [9.17, 15) is 0 Å². The monoisotopic (exact) mass is 206 g/mol. The van der Waals surface area contributed by atoms with Gasteiger partial charge in [0.1, 0.15) is 4.62 Å². The van der Waals surface area contributed by atoms with Crippen LogP contribution < -0.4 is 11.6 Å². The minimum absolute atomic E-state index is 0.262. The lowest BCUT2D eigenvalue weighted by atomic mass is 10.2. The molecule has 1 atom stereocenters. The molecular formula is C4H7BrN4O. The molecule has 1 heterocycles. The first-order chi connectivity index (χ1) is 4.74. The summed E-state index contributed by atoms with van der Waals surface area (Å²) in [6.07, 6.45) is 0.311. The van der Waals surface area contributed by atoms with Crippen LogP contribution in [0.5, 0.6) is 0 Å². The second kappa shape index (κ2) is 2.87. The van der Waals surface area contributed by atoms with E-state index in [0.29, 0.717) is 6.42 Å². The minimum atomic E-state index is -0.292. The first kappa shape index (κ1) is 7.33. The first-order valence-electron chi connectivity index (χ1n) is 2.65. The highest BCUT2D eigenvalue weighted by molar-refractivity contribution is 9.18. The fourth-order valence-electron chi connectivity index (χ4n) is 0.590. The lowest BCUT2D eigenvalue weighted by Gasteiger charge is -2.03. The molecule has 4 N–H and O–H groups in total. The van der Waals surface area contributed by atoms with Gasteiger partial charge in [-0.25, -0.2) is 0 Å². The largest absolute Gasteiger partial charge is 0.383 e. The van der Waals surface area contributed by atoms with Crippen LogP contribution in [0.4, 0.5) is 0 Å². The summed E-state index contributed by atoms with van der Waals surface area (Å²) in [5.41, 5.74) is 5.35. The van der Waals surface area contributed by atoms with Gasteiger partial charge in [-0.05, 0) is 15.9 Å². The summed E-state index contributed by atoms with van der Waals surface area (Å²) in [6, 6.07) is 0. The molecule has 1 rings (SSSR count). The maximum Gasteiger partial charge on any atom is 0.192 e. The van der Waals surface area contributed by atoms with Crippen molar-refractivity contribution in [3.8, 4) is 0 Å². The van der Waals surface area contributed by atoms with Gasteiger partial charge in [-0.3, -0.25) is 0 Å². The summed E-state index contributed by atoms with van der Waals surface area (Å²) in [6.45, 7) is 0. The normalized spacial score (nSPS) is 25.9. The van der Waals surface area contributed by atoms with Gasteiger partial charge in [0.05, 0.1) is 0 Å². The highest BCUT2D eigenvalue weighted by atomic mass is 79.9. The van der Waals surface area contributed by atoms with E-state index < -0.39 is 0 Å². The van der Waals surface area contributed by atoms with E-state index in [1.54, 1.807) is 0 Å². The molecule has 0 aromatic rings. The summed E-state index contributed by atoms with van der Waals surface area (Å²) in [5, 5.41) is 6.88. The summed E-state index contributed by atoms with van der Waals surface area (Å²) >= 11 is 3.15. The van der Waals surface area contributed by atoms with Crippen molar-refractivity contribution in [1.29, 1.82) is 0 Å². The number of hydrogen-bond donors (Lipinski definition) is 2. The average molecular weight is 207 g/mol. The van der Waals surface area contributed by atoms with Crippen LogP contribution in [0.1, 0.15) is 6.42 Å². The molecule has 0 aromatic carbocycles. The summed E-state index contributed by atoms with van der Waals surface area (Å²) < 4.78 is 0.726. The van der Waals surface area contributed by atoms with Crippen LogP contribution in [0.2, 0.25) is 0 Å². The molecule has 6 heteroatoms. The highest BCUT2D eigenvalue weighted by Gasteiger charge is 2.22. The van der Waals surface area contributed by atoms with Gasteiger partial charge in [0, 0.05) is 6.42 Å². The summed E-state index contributed by atoms with van der Waals surface area (Å²) in [4.78, 5) is 4.82. The van der Waals surface area contributed by atoms with Gasteiger partial charge in [-0.15, -0.1) is 0 Å². The Labute approximate surface area is 66.2 Å². The number of amidine groups is 1. The number of oxime groups is 1. The standard InChI is InChI=1S/C4H7BrN4O/c5-3-1-2(10-9-3)4(6)8-7/h2H,1,7H2,(H2,6,8). The maximum absolute atomic E-state index is 5.35. The van der Waals surface area contributed by atoms with Crippen LogP contribution in [0.25, 0.3) is 0 Å². The molecule has 56 valence electrons. The molecule has 0 aliphatic carbocycles. The number of halogens is 1. The Morgan fingerprint density at radius 3 is 3.00 bits per heavy atom. The second-order valence-corrected chi connectivity index (χ2v) is 2.74. The predicted molar refractivity (Wildman–Crippen MR) is 41.7 cm³/mol. The Morgan fingerprint density at radius 2 is 2.60 bits per heavy atom. The Hall–Kier alpha value is -0.780. The Morgan fingerprint density at radius 1 is 1.90 bits per heavy atom. The molecule has 1 unspecified atom stereocenters. The van der Waals surface area contributed by atoms with Crippen LogP contribution in [-0.2, 0) is 4.84 Å². The van der Waals surface area contributed by atoms with Gasteiger partial charge in [0.15, 0.2) is 11.9 Å². The van der Waals surface area contributed by atoms with Crippen LogP contribution in [0.15, 0.2) is 10.3 Å². The van der Waals surface area contributed by atoms with Crippen molar-refractivity contribution in [3.05, 3.63) is 0 Å². The number of nitrogens with zero attached hydrogens (tertiary/aromatic N) is 2. The highest BCUT2D eigenvalue weighted by Crippen LogP contribution is 2.13. The number of nitrogens with two attached hydrogens (primary N) is 2. The molecule has 0 bridgehead atoms. The lowest BCUT2D eigenvalue weighted by Crippen LogP contribution is -2.29. The number of hydrazone groups is 1. The third-order valence-corrected chi connectivity index (χ3v) is 1.58. The van der Waals surface area contributed by atoms with E-state index in [-0.39, 0.29) is 11.9 Å². The van der Waals surface area contributed by atoms with Gasteiger partial charge in [0.25, 0.3) is 0 Å². The SMILES string of the molecule is N/N=C(\N)C1CC(Br)=NO1. The topological polar surface area (TPSA) is 86.0 Å². The van der Waals surface area contributed by atoms with E-state index in [2.05, 4.69) is 26.2 Å². The van der Waals surface area contributed by atoms with Crippen LogP contribution in [-0.4, -0.2) is 16.6 Å². The fraction of sp³-hybridized carbons (Fsp3) is 0.500. The zero-order valence-electron chi connectivity index (χ0n) is 5.12. The van der Waals surface area contributed by atoms with Crippen molar-refractivity contribution in [2.45, 2.75) is 12.5 Å². The van der Waals surface area contributed by atoms with Gasteiger partial charge >= 0.3 is 0 Å². The zero-order chi connectivity index (χ0) is 7.56.